The van der Waals surface area contributed by atoms with E-state index in [1.54, 1.807) is 15.8 Å². The van der Waals surface area contributed by atoms with Crippen LogP contribution in [0.5, 0.6) is 0 Å². The Morgan fingerprint density at radius 3 is 2.63 bits per heavy atom. The van der Waals surface area contributed by atoms with Gasteiger partial charge >= 0.3 is 0 Å². The summed E-state index contributed by atoms with van der Waals surface area (Å²) >= 11 is 0. The Balaban J connectivity index is 0.00000101. The van der Waals surface area contributed by atoms with Crippen LogP contribution in [0.4, 0.5) is 0 Å². The molecule has 0 saturated carbocycles. The number of aromatic nitrogens is 2. The van der Waals surface area contributed by atoms with Gasteiger partial charge in [-0.15, -0.1) is 0 Å². The Bertz CT molecular complexity index is 843. The Morgan fingerprint density at radius 2 is 2.07 bits per heavy atom. The van der Waals surface area contributed by atoms with Gasteiger partial charge in [-0.25, -0.2) is 13.1 Å². The van der Waals surface area contributed by atoms with Crippen molar-refractivity contribution < 1.29 is 27.9 Å². The second-order valence-corrected chi connectivity index (χ2v) is 9.32. The third-order valence-electron chi connectivity index (χ3n) is 5.78. The molecule has 0 spiro atoms. The number of sulfonamides is 1. The molecule has 2 aliphatic rings. The van der Waals surface area contributed by atoms with Crippen molar-refractivity contribution in [1.82, 2.24) is 24.7 Å². The number of carboxylic acid groups (broad SMARTS) is 1. The molecular weight excluding hydrogens is 414 g/mol. The minimum atomic E-state index is -3.43. The van der Waals surface area contributed by atoms with E-state index in [0.29, 0.717) is 25.9 Å². The number of nitrogens with one attached hydrogen (secondary N) is 2. The van der Waals surface area contributed by atoms with Gasteiger partial charge in [0.25, 0.3) is 6.47 Å². The summed E-state index contributed by atoms with van der Waals surface area (Å²) in [5.41, 5.74) is -0.603. The fourth-order valence-electron chi connectivity index (χ4n) is 4.52. The molecule has 1 aromatic rings. The maximum absolute atomic E-state index is 13.0. The molecular formula is C18H29N5O6S. The number of rotatable bonds is 8. The number of hydrogen-bond donors (Lipinski definition) is 3. The van der Waals surface area contributed by atoms with Gasteiger partial charge in [-0.05, 0) is 31.7 Å². The molecule has 2 fully saturated rings. The Labute approximate surface area is 175 Å². The van der Waals surface area contributed by atoms with Crippen molar-refractivity contribution in [2.45, 2.75) is 51.2 Å². The molecule has 0 radical (unpaired) electrons. The fourth-order valence-corrected chi connectivity index (χ4v) is 4.91. The molecule has 30 heavy (non-hydrogen) atoms. The number of amides is 2. The molecule has 11 nitrogen and oxygen atoms in total. The first kappa shape index (κ1) is 23.8. The van der Waals surface area contributed by atoms with Gasteiger partial charge in [0.2, 0.25) is 21.8 Å². The summed E-state index contributed by atoms with van der Waals surface area (Å²) in [6.45, 7) is 2.54. The summed E-state index contributed by atoms with van der Waals surface area (Å²) in [5, 5.41) is 14.0. The van der Waals surface area contributed by atoms with Crippen molar-refractivity contribution in [3.63, 3.8) is 0 Å². The van der Waals surface area contributed by atoms with E-state index >= 15 is 0 Å². The van der Waals surface area contributed by atoms with Crippen molar-refractivity contribution in [1.29, 1.82) is 0 Å². The molecule has 0 unspecified atom stereocenters. The fraction of sp³-hybridized carbons (Fsp3) is 0.667. The highest BCUT2D eigenvalue weighted by Crippen LogP contribution is 2.51. The van der Waals surface area contributed by atoms with Gasteiger partial charge in [0.05, 0.1) is 24.8 Å². The summed E-state index contributed by atoms with van der Waals surface area (Å²) < 4.78 is 26.6. The Kier molecular flexibility index (Phi) is 7.96. The van der Waals surface area contributed by atoms with Gasteiger partial charge in [0.15, 0.2) is 0 Å². The van der Waals surface area contributed by atoms with E-state index in [-0.39, 0.29) is 36.9 Å². The lowest BCUT2D eigenvalue weighted by Gasteiger charge is -2.35. The number of hydrogen-bond acceptors (Lipinski definition) is 6. The van der Waals surface area contributed by atoms with Crippen LogP contribution in [0.15, 0.2) is 18.5 Å². The van der Waals surface area contributed by atoms with Crippen LogP contribution in [-0.2, 0) is 31.0 Å². The largest absolute Gasteiger partial charge is 0.483 e. The second kappa shape index (κ2) is 10.0. The summed E-state index contributed by atoms with van der Waals surface area (Å²) in [6, 6.07) is 1.66. The van der Waals surface area contributed by atoms with E-state index in [2.05, 4.69) is 15.1 Å². The van der Waals surface area contributed by atoms with Crippen LogP contribution in [0, 0.1) is 5.41 Å². The molecule has 2 saturated heterocycles. The molecule has 2 aliphatic heterocycles. The molecule has 3 heterocycles. The second-order valence-electron chi connectivity index (χ2n) is 7.49. The zero-order valence-electron chi connectivity index (χ0n) is 17.2. The van der Waals surface area contributed by atoms with Crippen LogP contribution in [0.2, 0.25) is 0 Å². The first-order valence-electron chi connectivity index (χ1n) is 9.78. The zero-order chi connectivity index (χ0) is 22.4. The molecule has 0 aliphatic carbocycles. The SMILES string of the molecule is CC[C@]1(C(=O)NCCn2cccn2)C[C@H]2CC[C@@H]1N2C(=O)CNS(C)(=O)=O.O=CO. The first-order chi connectivity index (χ1) is 14.2. The topological polar surface area (TPSA) is 151 Å². The predicted octanol–water partition coefficient (Wildman–Crippen LogP) is -0.591. The van der Waals surface area contributed by atoms with E-state index in [0.717, 1.165) is 19.1 Å². The number of fused-ring (bicyclic) bond motifs is 2. The van der Waals surface area contributed by atoms with E-state index in [4.69, 9.17) is 9.90 Å². The quantitative estimate of drug-likeness (QED) is 0.454. The molecule has 12 heteroatoms. The molecule has 168 valence electrons. The Morgan fingerprint density at radius 1 is 1.37 bits per heavy atom. The van der Waals surface area contributed by atoms with Crippen molar-refractivity contribution in [2.24, 2.45) is 5.41 Å². The lowest BCUT2D eigenvalue weighted by molar-refractivity contribution is -0.136. The minimum Gasteiger partial charge on any atom is -0.483 e. The standard InChI is InChI=1S/C17H27N5O4S.CH2O2/c1-3-17(16(24)18-8-10-21-9-4-7-19-21)11-13-5-6-14(17)22(13)15(23)12-20-27(2,25)26;2-1-3/h4,7,9,13-14,20H,3,5-6,8,10-12H2,1-2H3,(H,18,24);1H,(H,2,3)/t13-,14+,17+;/m1./s1. The normalized spacial score (nSPS) is 24.8. The van der Waals surface area contributed by atoms with Gasteiger partial charge in [0, 0.05) is 31.0 Å². The molecule has 2 bridgehead atoms. The van der Waals surface area contributed by atoms with Crippen molar-refractivity contribution in [2.75, 3.05) is 19.3 Å². The summed E-state index contributed by atoms with van der Waals surface area (Å²) in [4.78, 5) is 35.7. The van der Waals surface area contributed by atoms with Crippen LogP contribution < -0.4 is 10.0 Å². The van der Waals surface area contributed by atoms with E-state index < -0.39 is 15.4 Å². The van der Waals surface area contributed by atoms with Crippen LogP contribution in [-0.4, -0.2) is 77.9 Å². The highest BCUT2D eigenvalue weighted by atomic mass is 32.2. The minimum absolute atomic E-state index is 0.000626. The van der Waals surface area contributed by atoms with E-state index in [9.17, 15) is 18.0 Å². The van der Waals surface area contributed by atoms with Gasteiger partial charge in [-0.2, -0.15) is 5.10 Å². The number of carbonyl (C=O) groups is 3. The third-order valence-corrected chi connectivity index (χ3v) is 6.45. The van der Waals surface area contributed by atoms with Crippen LogP contribution in [0.25, 0.3) is 0 Å². The van der Waals surface area contributed by atoms with Crippen LogP contribution in [0.1, 0.15) is 32.6 Å². The van der Waals surface area contributed by atoms with Gasteiger partial charge in [0.1, 0.15) is 0 Å². The lowest BCUT2D eigenvalue weighted by atomic mass is 9.71. The molecule has 2 amide bonds. The van der Waals surface area contributed by atoms with Crippen LogP contribution in [0.3, 0.4) is 0 Å². The molecule has 3 rings (SSSR count). The average molecular weight is 444 g/mol. The van der Waals surface area contributed by atoms with Gasteiger partial charge in [-0.3, -0.25) is 19.1 Å². The summed E-state index contributed by atoms with van der Waals surface area (Å²) in [7, 11) is -3.43. The van der Waals surface area contributed by atoms with Gasteiger partial charge in [-0.1, -0.05) is 6.92 Å². The summed E-state index contributed by atoms with van der Waals surface area (Å²) in [6.07, 6.45) is 7.47. The molecule has 1 aromatic heterocycles. The van der Waals surface area contributed by atoms with Crippen LogP contribution >= 0.6 is 0 Å². The molecule has 3 atom stereocenters. The zero-order valence-corrected chi connectivity index (χ0v) is 18.0. The van der Waals surface area contributed by atoms with Gasteiger partial charge < -0.3 is 15.3 Å². The Hall–Kier alpha value is -2.47. The molecule has 0 aromatic carbocycles. The van der Waals surface area contributed by atoms with Crippen molar-refractivity contribution in [3.8, 4) is 0 Å². The van der Waals surface area contributed by atoms with Crippen molar-refractivity contribution in [3.05, 3.63) is 18.5 Å². The van der Waals surface area contributed by atoms with E-state index in [1.165, 1.54) is 0 Å². The molecule has 3 N–H and O–H groups in total. The smallest absolute Gasteiger partial charge is 0.290 e. The lowest BCUT2D eigenvalue weighted by Crippen LogP contribution is -2.51. The highest BCUT2D eigenvalue weighted by Gasteiger charge is 2.59. The average Bonchev–Trinajstić information content (AvgIpc) is 3.41. The highest BCUT2D eigenvalue weighted by molar-refractivity contribution is 7.88. The maximum atomic E-state index is 13.0. The maximum Gasteiger partial charge on any atom is 0.290 e. The third kappa shape index (κ3) is 5.36. The summed E-state index contributed by atoms with van der Waals surface area (Å²) in [5.74, 6) is -0.286. The number of nitrogens with zero attached hydrogens (tertiary/aromatic N) is 3. The monoisotopic (exact) mass is 443 g/mol. The van der Waals surface area contributed by atoms with Crippen molar-refractivity contribution >= 4 is 28.3 Å². The number of carbonyl (C=O) groups excluding carboxylic acids is 2. The predicted molar refractivity (Wildman–Crippen MR) is 108 cm³/mol. The van der Waals surface area contributed by atoms with E-state index in [1.807, 2.05) is 19.2 Å². The first-order valence-corrected chi connectivity index (χ1v) is 11.7.